The Labute approximate surface area is 177 Å². The van der Waals surface area contributed by atoms with Gasteiger partial charge < -0.3 is 31.1 Å². The fourth-order valence-corrected chi connectivity index (χ4v) is 3.73. The molecule has 0 spiro atoms. The first-order valence-electron chi connectivity index (χ1n) is 9.15. The number of nitrogens with one attached hydrogen (secondary N) is 2. The van der Waals surface area contributed by atoms with E-state index in [-0.39, 0.29) is 23.4 Å². The zero-order chi connectivity index (χ0) is 21.8. The fourth-order valence-electron chi connectivity index (χ4n) is 3.06. The minimum Gasteiger partial charge on any atom is -0.385 e. The number of aromatic amines is 1. The largest absolute Gasteiger partial charge is 0.385 e. The number of rotatable bonds is 8. The van der Waals surface area contributed by atoms with Gasteiger partial charge in [-0.25, -0.2) is 4.98 Å². The standard InChI is InChI=1S/C18H23N9O2S/c1-9-10(2)27(5-4-6-29-3)16(11(9)7-19)22-12(28)8-30-18-23-13-14(20)24-17(21)25-15(13)26-18/h4-6,8H2,1-3H3,(H,22,28)(H5,20,21,23,24,25,26). The lowest BCUT2D eigenvalue weighted by Gasteiger charge is -2.12. The second-order valence-corrected chi connectivity index (χ2v) is 7.55. The summed E-state index contributed by atoms with van der Waals surface area (Å²) in [5.41, 5.74) is 14.5. The first-order chi connectivity index (χ1) is 14.3. The fraction of sp³-hybridized carbons (Fsp3) is 0.389. The number of carbonyl (C=O) groups is 1. The molecule has 0 fully saturated rings. The third-order valence-corrected chi connectivity index (χ3v) is 5.52. The molecule has 0 aliphatic rings. The second kappa shape index (κ2) is 9.02. The molecule has 3 aromatic heterocycles. The highest BCUT2D eigenvalue weighted by atomic mass is 32.2. The molecule has 3 rings (SSSR count). The number of carbonyl (C=O) groups excluding carboxylic acids is 1. The number of anilines is 3. The summed E-state index contributed by atoms with van der Waals surface area (Å²) in [6.45, 7) is 5.02. The number of thioether (sulfide) groups is 1. The molecular formula is C18H23N9O2S. The van der Waals surface area contributed by atoms with Gasteiger partial charge in [0.05, 0.1) is 11.3 Å². The summed E-state index contributed by atoms with van der Waals surface area (Å²) in [6.07, 6.45) is 0.762. The quantitative estimate of drug-likeness (QED) is 0.306. The number of imidazole rings is 1. The van der Waals surface area contributed by atoms with E-state index in [1.165, 1.54) is 11.8 Å². The van der Waals surface area contributed by atoms with Crippen LogP contribution in [0.5, 0.6) is 0 Å². The van der Waals surface area contributed by atoms with Crippen molar-refractivity contribution in [2.75, 3.05) is 36.3 Å². The van der Waals surface area contributed by atoms with Gasteiger partial charge in [-0.2, -0.15) is 15.2 Å². The Morgan fingerprint density at radius 1 is 1.33 bits per heavy atom. The van der Waals surface area contributed by atoms with Gasteiger partial charge in [0.2, 0.25) is 11.9 Å². The van der Waals surface area contributed by atoms with Crippen LogP contribution < -0.4 is 16.8 Å². The van der Waals surface area contributed by atoms with Gasteiger partial charge in [0.25, 0.3) is 0 Å². The molecule has 30 heavy (non-hydrogen) atoms. The van der Waals surface area contributed by atoms with E-state index in [2.05, 4.69) is 31.3 Å². The minimum absolute atomic E-state index is 0.0322. The van der Waals surface area contributed by atoms with Gasteiger partial charge in [-0.3, -0.25) is 4.79 Å². The number of nitrogens with zero attached hydrogens (tertiary/aromatic N) is 5. The summed E-state index contributed by atoms with van der Waals surface area (Å²) >= 11 is 1.18. The molecule has 11 nitrogen and oxygen atoms in total. The van der Waals surface area contributed by atoms with Crippen molar-refractivity contribution in [3.63, 3.8) is 0 Å². The topological polar surface area (TPSA) is 174 Å². The van der Waals surface area contributed by atoms with E-state index >= 15 is 0 Å². The van der Waals surface area contributed by atoms with Crippen LogP contribution in [-0.2, 0) is 16.1 Å². The third kappa shape index (κ3) is 4.32. The summed E-state index contributed by atoms with van der Waals surface area (Å²) in [4.78, 5) is 27.8. The summed E-state index contributed by atoms with van der Waals surface area (Å²) < 4.78 is 7.05. The predicted molar refractivity (Wildman–Crippen MR) is 115 cm³/mol. The lowest BCUT2D eigenvalue weighted by Crippen LogP contribution is -2.18. The first kappa shape index (κ1) is 21.4. The average molecular weight is 430 g/mol. The van der Waals surface area contributed by atoms with Crippen molar-refractivity contribution in [2.24, 2.45) is 0 Å². The van der Waals surface area contributed by atoms with Crippen molar-refractivity contribution in [1.29, 1.82) is 5.26 Å². The van der Waals surface area contributed by atoms with Crippen LogP contribution in [0.2, 0.25) is 0 Å². The van der Waals surface area contributed by atoms with Gasteiger partial charge in [0.15, 0.2) is 16.6 Å². The number of methoxy groups -OCH3 is 1. The van der Waals surface area contributed by atoms with Crippen LogP contribution in [0.3, 0.4) is 0 Å². The van der Waals surface area contributed by atoms with Crippen LogP contribution in [-0.4, -0.2) is 49.9 Å². The SMILES string of the molecule is COCCCn1c(C)c(C)c(C#N)c1NC(=O)CSc1nc2nc(N)nc(N)c2[nH]1. The predicted octanol–water partition coefficient (Wildman–Crippen LogP) is 1.57. The van der Waals surface area contributed by atoms with Gasteiger partial charge in [-0.05, 0) is 25.8 Å². The van der Waals surface area contributed by atoms with E-state index in [9.17, 15) is 10.1 Å². The molecule has 12 heteroatoms. The molecule has 6 N–H and O–H groups in total. The van der Waals surface area contributed by atoms with Crippen LogP contribution >= 0.6 is 11.8 Å². The van der Waals surface area contributed by atoms with Gasteiger partial charge in [0, 0.05) is 26.0 Å². The first-order valence-corrected chi connectivity index (χ1v) is 10.1. The summed E-state index contributed by atoms with van der Waals surface area (Å²) in [6, 6.07) is 2.19. The smallest absolute Gasteiger partial charge is 0.235 e. The second-order valence-electron chi connectivity index (χ2n) is 6.59. The van der Waals surface area contributed by atoms with Gasteiger partial charge in [-0.15, -0.1) is 0 Å². The molecule has 0 aromatic carbocycles. The molecule has 0 aliphatic heterocycles. The van der Waals surface area contributed by atoms with Crippen LogP contribution in [0.4, 0.5) is 17.6 Å². The van der Waals surface area contributed by atoms with E-state index in [4.69, 9.17) is 16.2 Å². The number of nitrogen functional groups attached to an aromatic ring is 2. The van der Waals surface area contributed by atoms with Crippen molar-refractivity contribution in [3.05, 3.63) is 16.8 Å². The number of fused-ring (bicyclic) bond motifs is 1. The average Bonchev–Trinajstić information content (AvgIpc) is 3.21. The van der Waals surface area contributed by atoms with Crippen molar-refractivity contribution < 1.29 is 9.53 Å². The van der Waals surface area contributed by atoms with Crippen LogP contribution in [0.25, 0.3) is 11.2 Å². The highest BCUT2D eigenvalue weighted by Crippen LogP contribution is 2.27. The Balaban J connectivity index is 1.74. The summed E-state index contributed by atoms with van der Waals surface area (Å²) in [7, 11) is 1.64. The van der Waals surface area contributed by atoms with E-state index < -0.39 is 0 Å². The normalized spacial score (nSPS) is 11.0. The number of ether oxygens (including phenoxy) is 1. The molecule has 0 radical (unpaired) electrons. The molecule has 3 aromatic rings. The minimum atomic E-state index is -0.263. The highest BCUT2D eigenvalue weighted by molar-refractivity contribution is 7.99. The third-order valence-electron chi connectivity index (χ3n) is 4.64. The Morgan fingerprint density at radius 2 is 2.10 bits per heavy atom. The van der Waals surface area contributed by atoms with Gasteiger partial charge >= 0.3 is 0 Å². The molecule has 0 bridgehead atoms. The van der Waals surface area contributed by atoms with E-state index in [0.717, 1.165) is 17.7 Å². The van der Waals surface area contributed by atoms with Gasteiger partial charge in [-0.1, -0.05) is 11.8 Å². The Kier molecular flexibility index (Phi) is 6.43. The van der Waals surface area contributed by atoms with E-state index in [1.54, 1.807) is 7.11 Å². The molecule has 0 saturated carbocycles. The van der Waals surface area contributed by atoms with Gasteiger partial charge in [0.1, 0.15) is 17.4 Å². The zero-order valence-corrected chi connectivity index (χ0v) is 17.8. The monoisotopic (exact) mass is 429 g/mol. The number of aromatic nitrogens is 5. The maximum absolute atomic E-state index is 12.6. The van der Waals surface area contributed by atoms with Crippen molar-refractivity contribution in [1.82, 2.24) is 24.5 Å². The molecule has 158 valence electrons. The Bertz CT molecular complexity index is 1130. The van der Waals surface area contributed by atoms with Crippen LogP contribution in [0.1, 0.15) is 23.2 Å². The molecular weight excluding hydrogens is 406 g/mol. The van der Waals surface area contributed by atoms with Crippen LogP contribution in [0, 0.1) is 25.2 Å². The van der Waals surface area contributed by atoms with Crippen molar-refractivity contribution >= 4 is 46.4 Å². The number of hydrogen-bond donors (Lipinski definition) is 4. The number of nitrogens with two attached hydrogens (primary N) is 2. The maximum Gasteiger partial charge on any atom is 0.235 e. The van der Waals surface area contributed by atoms with Crippen LogP contribution in [0.15, 0.2) is 5.16 Å². The summed E-state index contributed by atoms with van der Waals surface area (Å²) in [5, 5.41) is 12.9. The lowest BCUT2D eigenvalue weighted by molar-refractivity contribution is -0.113. The number of hydrogen-bond acceptors (Lipinski definition) is 9. The molecule has 0 aliphatic carbocycles. The maximum atomic E-state index is 12.6. The molecule has 0 atom stereocenters. The number of amides is 1. The molecule has 3 heterocycles. The summed E-state index contributed by atoms with van der Waals surface area (Å²) in [5.74, 6) is 0.543. The Morgan fingerprint density at radius 3 is 2.80 bits per heavy atom. The number of nitriles is 1. The molecule has 1 amide bonds. The lowest BCUT2D eigenvalue weighted by atomic mass is 10.2. The van der Waals surface area contributed by atoms with Crippen molar-refractivity contribution in [3.8, 4) is 6.07 Å². The Hall–Kier alpha value is -3.30. The molecule has 0 saturated heterocycles. The van der Waals surface area contributed by atoms with Crippen molar-refractivity contribution in [2.45, 2.75) is 32.0 Å². The molecule has 0 unspecified atom stereocenters. The zero-order valence-electron chi connectivity index (χ0n) is 16.9. The number of H-pyrrole nitrogens is 1. The van der Waals surface area contributed by atoms with E-state index in [1.807, 2.05) is 18.4 Å². The highest BCUT2D eigenvalue weighted by Gasteiger charge is 2.20. The van der Waals surface area contributed by atoms with E-state index in [0.29, 0.717) is 40.9 Å².